The first-order valence-corrected chi connectivity index (χ1v) is 5.67. The van der Waals surface area contributed by atoms with E-state index in [0.717, 1.165) is 32.0 Å². The lowest BCUT2D eigenvalue weighted by Crippen LogP contribution is -2.46. The first kappa shape index (κ1) is 11.7. The van der Waals surface area contributed by atoms with E-state index >= 15 is 0 Å². The van der Waals surface area contributed by atoms with E-state index in [1.165, 1.54) is 6.42 Å². The zero-order valence-corrected chi connectivity index (χ0v) is 9.97. The second kappa shape index (κ2) is 4.43. The molecule has 1 rings (SSSR count). The third-order valence-corrected chi connectivity index (χ3v) is 3.05. The third kappa shape index (κ3) is 3.09. The smallest absolute Gasteiger partial charge is 0.141 e. The van der Waals surface area contributed by atoms with Crippen molar-refractivity contribution in [2.45, 2.75) is 40.5 Å². The monoisotopic (exact) mass is 197 g/mol. The second-order valence-electron chi connectivity index (χ2n) is 5.52. The van der Waals surface area contributed by atoms with Crippen molar-refractivity contribution >= 4 is 5.78 Å². The van der Waals surface area contributed by atoms with Crippen molar-refractivity contribution in [2.75, 3.05) is 19.6 Å². The van der Waals surface area contributed by atoms with E-state index in [1.807, 2.05) is 0 Å². The highest BCUT2D eigenvalue weighted by Crippen LogP contribution is 2.25. The van der Waals surface area contributed by atoms with Crippen molar-refractivity contribution in [2.24, 2.45) is 11.3 Å². The molecule has 1 aliphatic rings. The number of piperidine rings is 1. The van der Waals surface area contributed by atoms with Gasteiger partial charge in [0.25, 0.3) is 0 Å². The van der Waals surface area contributed by atoms with Gasteiger partial charge < -0.3 is 4.90 Å². The molecule has 1 fully saturated rings. The van der Waals surface area contributed by atoms with Gasteiger partial charge in [0.05, 0.1) is 0 Å². The zero-order chi connectivity index (χ0) is 10.8. The van der Waals surface area contributed by atoms with E-state index in [1.54, 1.807) is 0 Å². The Morgan fingerprint density at radius 1 is 1.43 bits per heavy atom. The van der Waals surface area contributed by atoms with Gasteiger partial charge in [-0.05, 0) is 18.9 Å². The molecule has 0 aromatic rings. The number of nitrogens with zero attached hydrogens (tertiary/aromatic N) is 1. The van der Waals surface area contributed by atoms with Crippen LogP contribution in [-0.2, 0) is 4.79 Å². The Morgan fingerprint density at radius 3 is 2.57 bits per heavy atom. The Hall–Kier alpha value is -0.370. The Morgan fingerprint density at radius 2 is 2.07 bits per heavy atom. The average molecular weight is 197 g/mol. The predicted octanol–water partition coefficient (Wildman–Crippen LogP) is 2.33. The lowest BCUT2D eigenvalue weighted by Gasteiger charge is -2.37. The lowest BCUT2D eigenvalue weighted by atomic mass is 9.82. The molecule has 0 N–H and O–H groups in total. The first-order valence-electron chi connectivity index (χ1n) is 5.67. The summed E-state index contributed by atoms with van der Waals surface area (Å²) in [6, 6.07) is 0. The molecule has 1 heterocycles. The third-order valence-electron chi connectivity index (χ3n) is 3.05. The SMILES string of the molecule is CC(C)CCN1CCC(=O)C(C)(C)C1. The molecule has 2 heteroatoms. The molecular formula is C12H23NO. The number of likely N-dealkylation sites (tertiary alicyclic amines) is 1. The van der Waals surface area contributed by atoms with E-state index in [4.69, 9.17) is 0 Å². The van der Waals surface area contributed by atoms with Crippen LogP contribution in [0.2, 0.25) is 0 Å². The van der Waals surface area contributed by atoms with Crippen LogP contribution in [0.3, 0.4) is 0 Å². The Bertz CT molecular complexity index is 208. The Labute approximate surface area is 87.7 Å². The molecular weight excluding hydrogens is 174 g/mol. The topological polar surface area (TPSA) is 20.3 Å². The van der Waals surface area contributed by atoms with Gasteiger partial charge in [0.1, 0.15) is 5.78 Å². The van der Waals surface area contributed by atoms with E-state index < -0.39 is 0 Å². The lowest BCUT2D eigenvalue weighted by molar-refractivity contribution is -0.131. The number of carbonyl (C=O) groups is 1. The quantitative estimate of drug-likeness (QED) is 0.692. The van der Waals surface area contributed by atoms with E-state index in [-0.39, 0.29) is 5.41 Å². The summed E-state index contributed by atoms with van der Waals surface area (Å²) in [6.45, 7) is 11.7. The molecule has 0 unspecified atom stereocenters. The predicted molar refractivity (Wildman–Crippen MR) is 59.3 cm³/mol. The van der Waals surface area contributed by atoms with Crippen molar-refractivity contribution in [1.82, 2.24) is 4.90 Å². The van der Waals surface area contributed by atoms with Crippen LogP contribution in [0.1, 0.15) is 40.5 Å². The standard InChI is InChI=1S/C12H23NO/c1-10(2)5-7-13-8-6-11(14)12(3,4)9-13/h10H,5-9H2,1-4H3. The highest BCUT2D eigenvalue weighted by atomic mass is 16.1. The number of rotatable bonds is 3. The van der Waals surface area contributed by atoms with Crippen LogP contribution in [0.4, 0.5) is 0 Å². The average Bonchev–Trinajstić information content (AvgIpc) is 2.07. The zero-order valence-electron chi connectivity index (χ0n) is 9.97. The minimum Gasteiger partial charge on any atom is -0.302 e. The fraction of sp³-hybridized carbons (Fsp3) is 0.917. The molecule has 82 valence electrons. The molecule has 0 amide bonds. The Kier molecular flexibility index (Phi) is 3.71. The van der Waals surface area contributed by atoms with Gasteiger partial charge in [-0.3, -0.25) is 4.79 Å². The molecule has 2 nitrogen and oxygen atoms in total. The summed E-state index contributed by atoms with van der Waals surface area (Å²) < 4.78 is 0. The molecule has 0 atom stereocenters. The van der Waals surface area contributed by atoms with Gasteiger partial charge in [-0.2, -0.15) is 0 Å². The minimum atomic E-state index is -0.116. The van der Waals surface area contributed by atoms with E-state index in [0.29, 0.717) is 5.78 Å². The highest BCUT2D eigenvalue weighted by molar-refractivity contribution is 5.85. The maximum Gasteiger partial charge on any atom is 0.141 e. The van der Waals surface area contributed by atoms with Gasteiger partial charge >= 0.3 is 0 Å². The van der Waals surface area contributed by atoms with Crippen molar-refractivity contribution in [3.05, 3.63) is 0 Å². The maximum atomic E-state index is 11.6. The summed E-state index contributed by atoms with van der Waals surface area (Å²) in [5.41, 5.74) is -0.116. The van der Waals surface area contributed by atoms with Crippen LogP contribution < -0.4 is 0 Å². The Balaban J connectivity index is 2.40. The van der Waals surface area contributed by atoms with Crippen LogP contribution >= 0.6 is 0 Å². The number of ketones is 1. The molecule has 1 saturated heterocycles. The summed E-state index contributed by atoms with van der Waals surface area (Å²) >= 11 is 0. The molecule has 0 aliphatic carbocycles. The second-order valence-corrected chi connectivity index (χ2v) is 5.52. The largest absolute Gasteiger partial charge is 0.302 e. The number of carbonyl (C=O) groups excluding carboxylic acids is 1. The molecule has 0 bridgehead atoms. The molecule has 1 aliphatic heterocycles. The van der Waals surface area contributed by atoms with Gasteiger partial charge in [0, 0.05) is 24.9 Å². The van der Waals surface area contributed by atoms with Gasteiger partial charge in [0.15, 0.2) is 0 Å². The molecule has 0 spiro atoms. The van der Waals surface area contributed by atoms with Crippen LogP contribution in [0, 0.1) is 11.3 Å². The normalized spacial score (nSPS) is 23.1. The van der Waals surface area contributed by atoms with E-state index in [2.05, 4.69) is 32.6 Å². The molecule has 0 aromatic heterocycles. The number of Topliss-reactive ketones (excluding diaryl/α,β-unsaturated/α-hetero) is 1. The fourth-order valence-electron chi connectivity index (χ4n) is 1.96. The minimum absolute atomic E-state index is 0.116. The van der Waals surface area contributed by atoms with Gasteiger partial charge in [-0.15, -0.1) is 0 Å². The first-order chi connectivity index (χ1) is 6.42. The van der Waals surface area contributed by atoms with Gasteiger partial charge in [0.2, 0.25) is 0 Å². The molecule has 14 heavy (non-hydrogen) atoms. The molecule has 0 aromatic carbocycles. The summed E-state index contributed by atoms with van der Waals surface area (Å²) in [5.74, 6) is 1.19. The number of hydrogen-bond donors (Lipinski definition) is 0. The molecule has 0 radical (unpaired) electrons. The highest BCUT2D eigenvalue weighted by Gasteiger charge is 2.33. The van der Waals surface area contributed by atoms with Crippen molar-refractivity contribution < 1.29 is 4.79 Å². The summed E-state index contributed by atoms with van der Waals surface area (Å²) in [6.07, 6.45) is 1.98. The summed E-state index contributed by atoms with van der Waals surface area (Å²) in [7, 11) is 0. The van der Waals surface area contributed by atoms with Crippen molar-refractivity contribution in [3.8, 4) is 0 Å². The van der Waals surface area contributed by atoms with Crippen LogP contribution in [0.25, 0.3) is 0 Å². The van der Waals surface area contributed by atoms with Crippen molar-refractivity contribution in [3.63, 3.8) is 0 Å². The molecule has 0 saturated carbocycles. The van der Waals surface area contributed by atoms with Crippen LogP contribution in [0.15, 0.2) is 0 Å². The van der Waals surface area contributed by atoms with Gasteiger partial charge in [-0.25, -0.2) is 0 Å². The summed E-state index contributed by atoms with van der Waals surface area (Å²) in [5, 5.41) is 0. The van der Waals surface area contributed by atoms with Crippen LogP contribution in [-0.4, -0.2) is 30.3 Å². The van der Waals surface area contributed by atoms with Crippen LogP contribution in [0.5, 0.6) is 0 Å². The summed E-state index contributed by atoms with van der Waals surface area (Å²) in [4.78, 5) is 14.0. The van der Waals surface area contributed by atoms with Crippen molar-refractivity contribution in [1.29, 1.82) is 0 Å². The number of hydrogen-bond acceptors (Lipinski definition) is 2. The van der Waals surface area contributed by atoms with E-state index in [9.17, 15) is 4.79 Å². The fourth-order valence-corrected chi connectivity index (χ4v) is 1.96. The maximum absolute atomic E-state index is 11.6. The van der Waals surface area contributed by atoms with Gasteiger partial charge in [-0.1, -0.05) is 27.7 Å².